The standard InChI is InChI=1S/C22H19N/c1-3-16(2)17-12-14-18(15-13-17)23-21-10-6-4-8-19(21)20-9-5-7-11-22(20)23/h3-15H,1-2H3/b16-3-. The van der Waals surface area contributed by atoms with Crippen molar-refractivity contribution in [2.45, 2.75) is 13.8 Å². The minimum Gasteiger partial charge on any atom is -0.309 e. The lowest BCUT2D eigenvalue weighted by Gasteiger charge is -2.09. The van der Waals surface area contributed by atoms with Crippen molar-refractivity contribution >= 4 is 27.4 Å². The summed E-state index contributed by atoms with van der Waals surface area (Å²) in [6.07, 6.45) is 2.15. The molecule has 0 spiro atoms. The highest BCUT2D eigenvalue weighted by Gasteiger charge is 2.10. The van der Waals surface area contributed by atoms with Gasteiger partial charge in [0, 0.05) is 16.5 Å². The predicted octanol–water partition coefficient (Wildman–Crippen LogP) is 6.21. The molecule has 0 aliphatic carbocycles. The number of hydrogen-bond acceptors (Lipinski definition) is 0. The van der Waals surface area contributed by atoms with Crippen molar-refractivity contribution in [1.29, 1.82) is 0 Å². The average molecular weight is 297 g/mol. The van der Waals surface area contributed by atoms with E-state index >= 15 is 0 Å². The van der Waals surface area contributed by atoms with Crippen LogP contribution in [0.25, 0.3) is 33.1 Å². The van der Waals surface area contributed by atoms with E-state index in [1.807, 2.05) is 0 Å². The lowest BCUT2D eigenvalue weighted by Crippen LogP contribution is -1.93. The smallest absolute Gasteiger partial charge is 0.0541 e. The van der Waals surface area contributed by atoms with Crippen molar-refractivity contribution < 1.29 is 0 Å². The van der Waals surface area contributed by atoms with Gasteiger partial charge in [-0.3, -0.25) is 0 Å². The number of aromatic nitrogens is 1. The van der Waals surface area contributed by atoms with Gasteiger partial charge in [-0.1, -0.05) is 54.6 Å². The van der Waals surface area contributed by atoms with Crippen molar-refractivity contribution in [3.63, 3.8) is 0 Å². The Hall–Kier alpha value is -2.80. The lowest BCUT2D eigenvalue weighted by molar-refractivity contribution is 1.18. The Balaban J connectivity index is 2.00. The van der Waals surface area contributed by atoms with E-state index in [0.29, 0.717) is 0 Å². The molecule has 0 bridgehead atoms. The van der Waals surface area contributed by atoms with E-state index in [-0.39, 0.29) is 0 Å². The van der Waals surface area contributed by atoms with Gasteiger partial charge >= 0.3 is 0 Å². The summed E-state index contributed by atoms with van der Waals surface area (Å²) in [6.45, 7) is 4.23. The number of allylic oxidation sites excluding steroid dienone is 2. The van der Waals surface area contributed by atoms with Gasteiger partial charge in [0.1, 0.15) is 0 Å². The van der Waals surface area contributed by atoms with Gasteiger partial charge in [0.05, 0.1) is 11.0 Å². The molecule has 1 heteroatoms. The van der Waals surface area contributed by atoms with Crippen LogP contribution in [0.5, 0.6) is 0 Å². The first-order valence-electron chi connectivity index (χ1n) is 8.01. The van der Waals surface area contributed by atoms with Crippen molar-refractivity contribution in [3.05, 3.63) is 84.4 Å². The van der Waals surface area contributed by atoms with Crippen LogP contribution in [-0.2, 0) is 0 Å². The van der Waals surface area contributed by atoms with Gasteiger partial charge < -0.3 is 4.57 Å². The molecule has 0 radical (unpaired) electrons. The Morgan fingerprint density at radius 2 is 1.26 bits per heavy atom. The summed E-state index contributed by atoms with van der Waals surface area (Å²) in [7, 11) is 0. The summed E-state index contributed by atoms with van der Waals surface area (Å²) >= 11 is 0. The molecule has 1 heterocycles. The molecule has 4 aromatic rings. The normalized spacial score (nSPS) is 12.2. The second-order valence-corrected chi connectivity index (χ2v) is 5.89. The third kappa shape index (κ3) is 2.17. The minimum absolute atomic E-state index is 1.20. The van der Waals surface area contributed by atoms with Crippen LogP contribution < -0.4 is 0 Å². The Morgan fingerprint density at radius 3 is 1.78 bits per heavy atom. The van der Waals surface area contributed by atoms with E-state index < -0.39 is 0 Å². The number of rotatable bonds is 2. The first kappa shape index (κ1) is 13.8. The molecule has 0 N–H and O–H groups in total. The topological polar surface area (TPSA) is 4.93 Å². The molecule has 4 rings (SSSR count). The van der Waals surface area contributed by atoms with Crippen LogP contribution in [0.2, 0.25) is 0 Å². The van der Waals surface area contributed by atoms with E-state index in [9.17, 15) is 0 Å². The zero-order valence-electron chi connectivity index (χ0n) is 13.5. The summed E-state index contributed by atoms with van der Waals surface area (Å²) in [4.78, 5) is 0. The second kappa shape index (κ2) is 5.44. The summed E-state index contributed by atoms with van der Waals surface area (Å²) < 4.78 is 2.35. The van der Waals surface area contributed by atoms with Gasteiger partial charge in [0.15, 0.2) is 0 Å². The highest BCUT2D eigenvalue weighted by molar-refractivity contribution is 6.09. The van der Waals surface area contributed by atoms with Crippen LogP contribution in [0.4, 0.5) is 0 Å². The van der Waals surface area contributed by atoms with Gasteiger partial charge in [0.2, 0.25) is 0 Å². The molecule has 0 atom stereocenters. The molecule has 3 aromatic carbocycles. The van der Waals surface area contributed by atoms with Gasteiger partial charge in [-0.15, -0.1) is 0 Å². The zero-order chi connectivity index (χ0) is 15.8. The Kier molecular flexibility index (Phi) is 3.27. The monoisotopic (exact) mass is 297 g/mol. The molecule has 0 fully saturated rings. The van der Waals surface area contributed by atoms with Crippen molar-refractivity contribution in [2.75, 3.05) is 0 Å². The molecule has 1 nitrogen and oxygen atoms in total. The molecule has 0 aliphatic heterocycles. The van der Waals surface area contributed by atoms with E-state index in [4.69, 9.17) is 0 Å². The number of benzene rings is 3. The summed E-state index contributed by atoms with van der Waals surface area (Å²) in [5.41, 5.74) is 6.29. The fourth-order valence-electron chi connectivity index (χ4n) is 3.24. The van der Waals surface area contributed by atoms with E-state index in [1.54, 1.807) is 0 Å². The molecule has 112 valence electrons. The van der Waals surface area contributed by atoms with E-state index in [0.717, 1.165) is 0 Å². The van der Waals surface area contributed by atoms with Gasteiger partial charge in [0.25, 0.3) is 0 Å². The van der Waals surface area contributed by atoms with E-state index in [1.165, 1.54) is 38.6 Å². The third-order valence-corrected chi connectivity index (χ3v) is 4.59. The first-order valence-corrected chi connectivity index (χ1v) is 8.01. The third-order valence-electron chi connectivity index (χ3n) is 4.59. The molecule has 0 aliphatic rings. The van der Waals surface area contributed by atoms with Crippen LogP contribution in [-0.4, -0.2) is 4.57 Å². The van der Waals surface area contributed by atoms with Crippen molar-refractivity contribution in [3.8, 4) is 5.69 Å². The Labute approximate surface area is 136 Å². The van der Waals surface area contributed by atoms with Crippen LogP contribution in [0.3, 0.4) is 0 Å². The minimum atomic E-state index is 1.20. The van der Waals surface area contributed by atoms with Crippen molar-refractivity contribution in [1.82, 2.24) is 4.57 Å². The molecule has 23 heavy (non-hydrogen) atoms. The summed E-state index contributed by atoms with van der Waals surface area (Å²) in [5, 5.41) is 2.61. The van der Waals surface area contributed by atoms with Gasteiger partial charge in [-0.2, -0.15) is 0 Å². The number of fused-ring (bicyclic) bond motifs is 3. The maximum absolute atomic E-state index is 2.35. The second-order valence-electron chi connectivity index (χ2n) is 5.89. The van der Waals surface area contributed by atoms with Crippen LogP contribution in [0.1, 0.15) is 19.4 Å². The summed E-state index contributed by atoms with van der Waals surface area (Å²) in [6, 6.07) is 26.0. The van der Waals surface area contributed by atoms with Gasteiger partial charge in [-0.05, 0) is 49.2 Å². The highest BCUT2D eigenvalue weighted by Crippen LogP contribution is 2.31. The Morgan fingerprint density at radius 1 is 0.739 bits per heavy atom. The maximum Gasteiger partial charge on any atom is 0.0541 e. The van der Waals surface area contributed by atoms with Crippen LogP contribution in [0, 0.1) is 0 Å². The number of nitrogens with zero attached hydrogens (tertiary/aromatic N) is 1. The fraction of sp³-hybridized carbons (Fsp3) is 0.0909. The van der Waals surface area contributed by atoms with E-state index in [2.05, 4.69) is 97.3 Å². The number of para-hydroxylation sites is 2. The predicted molar refractivity (Wildman–Crippen MR) is 100 cm³/mol. The molecule has 1 aromatic heterocycles. The average Bonchev–Trinajstić information content (AvgIpc) is 2.96. The highest BCUT2D eigenvalue weighted by atomic mass is 15.0. The SMILES string of the molecule is C/C=C(/C)c1ccc(-n2c3ccccc3c3ccccc32)cc1. The maximum atomic E-state index is 2.35. The quantitative estimate of drug-likeness (QED) is 0.414. The van der Waals surface area contributed by atoms with Crippen LogP contribution in [0.15, 0.2) is 78.9 Å². The number of hydrogen-bond donors (Lipinski definition) is 0. The van der Waals surface area contributed by atoms with Crippen molar-refractivity contribution in [2.24, 2.45) is 0 Å². The molecule has 0 saturated heterocycles. The first-order chi connectivity index (χ1) is 11.3. The Bertz CT molecular complexity index is 964. The molecule has 0 unspecified atom stereocenters. The molecule has 0 amide bonds. The summed E-state index contributed by atoms with van der Waals surface area (Å²) in [5.74, 6) is 0. The molecule has 0 saturated carbocycles. The van der Waals surface area contributed by atoms with Gasteiger partial charge in [-0.25, -0.2) is 0 Å². The lowest BCUT2D eigenvalue weighted by atomic mass is 10.1. The van der Waals surface area contributed by atoms with Crippen LogP contribution >= 0.6 is 0 Å². The molecular formula is C22H19N. The fourth-order valence-corrected chi connectivity index (χ4v) is 3.24. The largest absolute Gasteiger partial charge is 0.309 e. The zero-order valence-corrected chi connectivity index (χ0v) is 13.5. The molecular weight excluding hydrogens is 278 g/mol.